The zero-order valence-electron chi connectivity index (χ0n) is 13.2. The number of rotatable bonds is 7. The van der Waals surface area contributed by atoms with E-state index in [1.807, 2.05) is 6.07 Å². The van der Waals surface area contributed by atoms with E-state index in [0.717, 1.165) is 30.2 Å². The molecule has 20 heavy (non-hydrogen) atoms. The summed E-state index contributed by atoms with van der Waals surface area (Å²) in [6, 6.07) is 8.62. The molecule has 0 aliphatic rings. The van der Waals surface area contributed by atoms with Crippen LogP contribution < -0.4 is 5.32 Å². The molecule has 1 atom stereocenters. The molecule has 1 N–H and O–H groups in total. The van der Waals surface area contributed by atoms with Gasteiger partial charge in [0.05, 0.1) is 6.04 Å². The molecule has 0 aliphatic heterocycles. The first-order chi connectivity index (χ1) is 9.63. The minimum Gasteiger partial charge on any atom is -0.459 e. The molecule has 1 unspecified atom stereocenters. The van der Waals surface area contributed by atoms with Crippen molar-refractivity contribution in [2.45, 2.75) is 53.0 Å². The largest absolute Gasteiger partial charge is 0.459 e. The van der Waals surface area contributed by atoms with Crippen molar-refractivity contribution in [3.63, 3.8) is 0 Å². The van der Waals surface area contributed by atoms with Crippen molar-refractivity contribution in [2.75, 3.05) is 6.54 Å². The first-order valence-electron chi connectivity index (χ1n) is 7.87. The van der Waals surface area contributed by atoms with Crippen LogP contribution in [0.15, 0.2) is 28.7 Å². The second-order valence-corrected chi connectivity index (χ2v) is 6.01. The summed E-state index contributed by atoms with van der Waals surface area (Å²) < 4.78 is 6.07. The van der Waals surface area contributed by atoms with Gasteiger partial charge in [0, 0.05) is 10.9 Å². The molecule has 0 radical (unpaired) electrons. The summed E-state index contributed by atoms with van der Waals surface area (Å²) in [6.07, 6.45) is 3.52. The van der Waals surface area contributed by atoms with E-state index in [1.54, 1.807) is 0 Å². The Morgan fingerprint density at radius 1 is 1.15 bits per heavy atom. The molecular formula is C18H27NO. The molecule has 0 amide bonds. The van der Waals surface area contributed by atoms with Crippen molar-refractivity contribution in [3.05, 3.63) is 35.6 Å². The van der Waals surface area contributed by atoms with Gasteiger partial charge in [-0.1, -0.05) is 39.0 Å². The van der Waals surface area contributed by atoms with Gasteiger partial charge in [-0.25, -0.2) is 0 Å². The molecule has 0 saturated heterocycles. The van der Waals surface area contributed by atoms with Gasteiger partial charge in [-0.2, -0.15) is 0 Å². The van der Waals surface area contributed by atoms with Crippen LogP contribution in [-0.2, 0) is 6.42 Å². The fraction of sp³-hybridized carbons (Fsp3) is 0.556. The number of fused-ring (bicyclic) bond motifs is 1. The molecular weight excluding hydrogens is 246 g/mol. The van der Waals surface area contributed by atoms with Crippen LogP contribution in [0.1, 0.15) is 57.9 Å². The Bertz CT molecular complexity index is 541. The van der Waals surface area contributed by atoms with Gasteiger partial charge < -0.3 is 9.73 Å². The Kier molecular flexibility index (Phi) is 5.24. The highest BCUT2D eigenvalue weighted by atomic mass is 16.3. The van der Waals surface area contributed by atoms with E-state index in [1.165, 1.54) is 23.8 Å². The van der Waals surface area contributed by atoms with Gasteiger partial charge in [0.25, 0.3) is 0 Å². The van der Waals surface area contributed by atoms with Crippen LogP contribution >= 0.6 is 0 Å². The van der Waals surface area contributed by atoms with Crippen LogP contribution in [0, 0.1) is 5.92 Å². The molecule has 1 aromatic heterocycles. The number of hydrogen-bond acceptors (Lipinski definition) is 2. The van der Waals surface area contributed by atoms with Gasteiger partial charge in [-0.05, 0) is 44.7 Å². The molecule has 110 valence electrons. The van der Waals surface area contributed by atoms with Crippen molar-refractivity contribution >= 4 is 11.0 Å². The SMILES string of the molecule is CCc1c(C(C)NCCCC(C)C)oc2ccccc12. The maximum Gasteiger partial charge on any atom is 0.134 e. The molecule has 0 fully saturated rings. The van der Waals surface area contributed by atoms with Crippen molar-refractivity contribution in [1.82, 2.24) is 5.32 Å². The average Bonchev–Trinajstić information content (AvgIpc) is 2.81. The highest BCUT2D eigenvalue weighted by molar-refractivity contribution is 5.82. The second kappa shape index (κ2) is 6.94. The maximum absolute atomic E-state index is 6.07. The van der Waals surface area contributed by atoms with Crippen molar-refractivity contribution < 1.29 is 4.42 Å². The van der Waals surface area contributed by atoms with Crippen molar-refractivity contribution in [1.29, 1.82) is 0 Å². The molecule has 0 saturated carbocycles. The molecule has 1 aromatic carbocycles. The van der Waals surface area contributed by atoms with Crippen LogP contribution in [0.4, 0.5) is 0 Å². The van der Waals surface area contributed by atoms with E-state index >= 15 is 0 Å². The van der Waals surface area contributed by atoms with Gasteiger partial charge in [-0.15, -0.1) is 0 Å². The predicted molar refractivity (Wildman–Crippen MR) is 86.1 cm³/mol. The lowest BCUT2D eigenvalue weighted by Crippen LogP contribution is -2.20. The number of para-hydroxylation sites is 1. The molecule has 2 nitrogen and oxygen atoms in total. The summed E-state index contributed by atoms with van der Waals surface area (Å²) in [5.74, 6) is 1.89. The molecule has 0 spiro atoms. The molecule has 2 aromatic rings. The summed E-state index contributed by atoms with van der Waals surface area (Å²) in [7, 11) is 0. The summed E-state index contributed by atoms with van der Waals surface area (Å²) in [5.41, 5.74) is 2.36. The van der Waals surface area contributed by atoms with Gasteiger partial charge in [0.2, 0.25) is 0 Å². The van der Waals surface area contributed by atoms with Crippen LogP contribution in [0.5, 0.6) is 0 Å². The highest BCUT2D eigenvalue weighted by Crippen LogP contribution is 2.30. The molecule has 0 aliphatic carbocycles. The lowest BCUT2D eigenvalue weighted by Gasteiger charge is -2.13. The number of aryl methyl sites for hydroxylation is 1. The third kappa shape index (κ3) is 3.43. The van der Waals surface area contributed by atoms with Gasteiger partial charge in [0.15, 0.2) is 0 Å². The monoisotopic (exact) mass is 273 g/mol. The average molecular weight is 273 g/mol. The Morgan fingerprint density at radius 3 is 2.60 bits per heavy atom. The lowest BCUT2D eigenvalue weighted by atomic mass is 10.0. The first-order valence-corrected chi connectivity index (χ1v) is 7.87. The molecule has 2 heteroatoms. The summed E-state index contributed by atoms with van der Waals surface area (Å²) in [6.45, 7) is 10.0. The van der Waals surface area contributed by atoms with Gasteiger partial charge in [-0.3, -0.25) is 0 Å². The third-order valence-corrected chi connectivity index (χ3v) is 3.89. The summed E-state index contributed by atoms with van der Waals surface area (Å²) in [5, 5.41) is 4.86. The number of benzene rings is 1. The fourth-order valence-corrected chi connectivity index (χ4v) is 2.75. The number of furan rings is 1. The predicted octanol–water partition coefficient (Wildman–Crippen LogP) is 5.08. The Balaban J connectivity index is 2.07. The summed E-state index contributed by atoms with van der Waals surface area (Å²) in [4.78, 5) is 0. The first kappa shape index (κ1) is 15.1. The second-order valence-electron chi connectivity index (χ2n) is 6.01. The topological polar surface area (TPSA) is 25.2 Å². The maximum atomic E-state index is 6.07. The van der Waals surface area contributed by atoms with E-state index in [9.17, 15) is 0 Å². The van der Waals surface area contributed by atoms with Crippen LogP contribution in [0.25, 0.3) is 11.0 Å². The number of nitrogens with one attached hydrogen (secondary N) is 1. The van der Waals surface area contributed by atoms with Gasteiger partial charge in [0.1, 0.15) is 11.3 Å². The van der Waals surface area contributed by atoms with Crippen LogP contribution in [0.2, 0.25) is 0 Å². The van der Waals surface area contributed by atoms with Crippen LogP contribution in [-0.4, -0.2) is 6.54 Å². The van der Waals surface area contributed by atoms with E-state index in [-0.39, 0.29) is 6.04 Å². The Labute approximate surface area is 122 Å². The van der Waals surface area contributed by atoms with Crippen molar-refractivity contribution in [3.8, 4) is 0 Å². The van der Waals surface area contributed by atoms with E-state index in [4.69, 9.17) is 4.42 Å². The Morgan fingerprint density at radius 2 is 1.90 bits per heavy atom. The standard InChI is InChI=1S/C18H27NO/c1-5-15-16-10-6-7-11-17(16)20-18(15)14(4)19-12-8-9-13(2)3/h6-7,10-11,13-14,19H,5,8-9,12H2,1-4H3. The fourth-order valence-electron chi connectivity index (χ4n) is 2.75. The third-order valence-electron chi connectivity index (χ3n) is 3.89. The van der Waals surface area contributed by atoms with E-state index in [0.29, 0.717) is 0 Å². The lowest BCUT2D eigenvalue weighted by molar-refractivity contribution is 0.432. The zero-order chi connectivity index (χ0) is 14.5. The molecule has 2 rings (SSSR count). The smallest absolute Gasteiger partial charge is 0.134 e. The highest BCUT2D eigenvalue weighted by Gasteiger charge is 2.17. The number of hydrogen-bond donors (Lipinski definition) is 1. The molecule has 1 heterocycles. The van der Waals surface area contributed by atoms with Crippen molar-refractivity contribution in [2.24, 2.45) is 5.92 Å². The zero-order valence-corrected chi connectivity index (χ0v) is 13.2. The molecule has 0 bridgehead atoms. The van der Waals surface area contributed by atoms with E-state index < -0.39 is 0 Å². The summed E-state index contributed by atoms with van der Waals surface area (Å²) >= 11 is 0. The quantitative estimate of drug-likeness (QED) is 0.711. The van der Waals surface area contributed by atoms with E-state index in [2.05, 4.69) is 51.2 Å². The van der Waals surface area contributed by atoms with Gasteiger partial charge >= 0.3 is 0 Å². The minimum atomic E-state index is 0.282. The minimum absolute atomic E-state index is 0.282. The normalized spacial score (nSPS) is 13.2. The Hall–Kier alpha value is -1.28. The van der Waals surface area contributed by atoms with Crippen LogP contribution in [0.3, 0.4) is 0 Å².